The largest absolute Gasteiger partial charge is 0.530 e. The van der Waals surface area contributed by atoms with Gasteiger partial charge in [0.1, 0.15) is 11.7 Å². The SMILES string of the molecule is O=C([O-])N1CCNC(CCOc2ncccc2C(F)(F)F)C1. The number of nitrogens with one attached hydrogen (secondary N) is 1. The molecule has 1 aromatic rings. The summed E-state index contributed by atoms with van der Waals surface area (Å²) in [7, 11) is 0. The monoisotopic (exact) mass is 318 g/mol. The molecule has 122 valence electrons. The zero-order chi connectivity index (χ0) is 16.2. The van der Waals surface area contributed by atoms with Gasteiger partial charge in [0, 0.05) is 31.9 Å². The van der Waals surface area contributed by atoms with Gasteiger partial charge in [0.25, 0.3) is 0 Å². The number of hydrogen-bond donors (Lipinski definition) is 1. The first kappa shape index (κ1) is 16.3. The van der Waals surface area contributed by atoms with Crippen LogP contribution in [0.2, 0.25) is 0 Å². The fourth-order valence-corrected chi connectivity index (χ4v) is 2.20. The number of pyridine rings is 1. The van der Waals surface area contributed by atoms with Crippen molar-refractivity contribution in [3.8, 4) is 5.88 Å². The fraction of sp³-hybridized carbons (Fsp3) is 0.538. The van der Waals surface area contributed by atoms with E-state index in [9.17, 15) is 23.1 Å². The molecule has 1 N–H and O–H groups in total. The average molecular weight is 318 g/mol. The van der Waals surface area contributed by atoms with Crippen molar-refractivity contribution in [2.45, 2.75) is 18.6 Å². The molecule has 1 unspecified atom stereocenters. The minimum atomic E-state index is -4.53. The third kappa shape index (κ3) is 4.23. The van der Waals surface area contributed by atoms with Crippen LogP contribution in [0.1, 0.15) is 12.0 Å². The summed E-state index contributed by atoms with van der Waals surface area (Å²) in [6.07, 6.45) is -4.20. The third-order valence-electron chi connectivity index (χ3n) is 3.30. The van der Waals surface area contributed by atoms with Crippen LogP contribution in [0.15, 0.2) is 18.3 Å². The van der Waals surface area contributed by atoms with E-state index in [1.54, 1.807) is 0 Å². The molecule has 22 heavy (non-hydrogen) atoms. The number of ether oxygens (including phenoxy) is 1. The standard InChI is InChI=1S/C13H16F3N3O3/c14-13(15,16)10-2-1-4-18-11(10)22-7-3-9-8-19(12(20)21)6-5-17-9/h1-2,4,9,17H,3,5-8H2,(H,20,21)/p-1. The summed E-state index contributed by atoms with van der Waals surface area (Å²) < 4.78 is 43.4. The number of carboxylic acid groups (broad SMARTS) is 1. The Morgan fingerprint density at radius 3 is 3.00 bits per heavy atom. The van der Waals surface area contributed by atoms with E-state index in [1.165, 1.54) is 12.3 Å². The van der Waals surface area contributed by atoms with E-state index in [1.807, 2.05) is 0 Å². The summed E-state index contributed by atoms with van der Waals surface area (Å²) in [5, 5.41) is 13.9. The number of carbonyl (C=O) groups excluding carboxylic acids is 1. The van der Waals surface area contributed by atoms with Crippen molar-refractivity contribution in [3.63, 3.8) is 0 Å². The molecule has 1 aliphatic rings. The maximum atomic E-state index is 12.8. The molecule has 1 fully saturated rings. The van der Waals surface area contributed by atoms with Gasteiger partial charge in [-0.05, 0) is 18.6 Å². The van der Waals surface area contributed by atoms with E-state index in [0.717, 1.165) is 11.0 Å². The summed E-state index contributed by atoms with van der Waals surface area (Å²) in [4.78, 5) is 15.5. The maximum Gasteiger partial charge on any atom is 0.421 e. The highest BCUT2D eigenvalue weighted by Crippen LogP contribution is 2.34. The molecule has 0 aromatic carbocycles. The summed E-state index contributed by atoms with van der Waals surface area (Å²) in [6, 6.07) is 1.90. The second kappa shape index (κ2) is 6.82. The van der Waals surface area contributed by atoms with E-state index >= 15 is 0 Å². The molecule has 1 aliphatic heterocycles. The van der Waals surface area contributed by atoms with Gasteiger partial charge in [0.2, 0.25) is 5.88 Å². The molecule has 9 heteroatoms. The molecule has 0 spiro atoms. The number of alkyl halides is 3. The molecule has 6 nitrogen and oxygen atoms in total. The Morgan fingerprint density at radius 2 is 2.32 bits per heavy atom. The van der Waals surface area contributed by atoms with Gasteiger partial charge in [0.05, 0.1) is 6.61 Å². The first-order chi connectivity index (χ1) is 10.4. The van der Waals surface area contributed by atoms with Crippen LogP contribution in [0.25, 0.3) is 0 Å². The van der Waals surface area contributed by atoms with E-state index in [2.05, 4.69) is 10.3 Å². The van der Waals surface area contributed by atoms with Crippen LogP contribution < -0.4 is 15.2 Å². The smallest absolute Gasteiger partial charge is 0.421 e. The highest BCUT2D eigenvalue weighted by molar-refractivity contribution is 5.62. The van der Waals surface area contributed by atoms with Crippen LogP contribution in [0.4, 0.5) is 18.0 Å². The number of rotatable bonds is 4. The summed E-state index contributed by atoms with van der Waals surface area (Å²) in [5.74, 6) is -0.470. The second-order valence-corrected chi connectivity index (χ2v) is 4.85. The topological polar surface area (TPSA) is 77.5 Å². The number of carbonyl (C=O) groups is 1. The third-order valence-corrected chi connectivity index (χ3v) is 3.30. The molecule has 1 aromatic heterocycles. The van der Waals surface area contributed by atoms with Crippen molar-refractivity contribution >= 4 is 6.09 Å². The number of hydrogen-bond acceptors (Lipinski definition) is 5. The quantitative estimate of drug-likeness (QED) is 0.874. The fourth-order valence-electron chi connectivity index (χ4n) is 2.20. The first-order valence-corrected chi connectivity index (χ1v) is 6.72. The molecule has 1 saturated heterocycles. The zero-order valence-electron chi connectivity index (χ0n) is 11.6. The number of nitrogens with zero attached hydrogens (tertiary/aromatic N) is 2. The molecule has 2 heterocycles. The first-order valence-electron chi connectivity index (χ1n) is 6.72. The second-order valence-electron chi connectivity index (χ2n) is 4.85. The molecule has 2 rings (SSSR count). The molecule has 0 saturated carbocycles. The predicted octanol–water partition coefficient (Wildman–Crippen LogP) is 0.486. The normalized spacial score (nSPS) is 19.0. The highest BCUT2D eigenvalue weighted by atomic mass is 19.4. The Bertz CT molecular complexity index is 525. The lowest BCUT2D eigenvalue weighted by Crippen LogP contribution is -2.56. The molecule has 0 aliphatic carbocycles. The number of piperazine rings is 1. The Balaban J connectivity index is 1.88. The Hall–Kier alpha value is -2.03. The highest BCUT2D eigenvalue weighted by Gasteiger charge is 2.35. The minimum absolute atomic E-state index is 0.00134. The van der Waals surface area contributed by atoms with Gasteiger partial charge in [-0.2, -0.15) is 13.2 Å². The van der Waals surface area contributed by atoms with Crippen LogP contribution in [-0.2, 0) is 6.18 Å². The lowest BCUT2D eigenvalue weighted by atomic mass is 10.1. The van der Waals surface area contributed by atoms with Crippen molar-refractivity contribution in [2.24, 2.45) is 0 Å². The van der Waals surface area contributed by atoms with E-state index in [0.29, 0.717) is 19.5 Å². The molecule has 1 atom stereocenters. The summed E-state index contributed by atoms with van der Waals surface area (Å²) in [6.45, 7) is 1.02. The van der Waals surface area contributed by atoms with Crippen LogP contribution >= 0.6 is 0 Å². The Morgan fingerprint density at radius 1 is 1.55 bits per heavy atom. The van der Waals surface area contributed by atoms with E-state index in [4.69, 9.17) is 4.74 Å². The van der Waals surface area contributed by atoms with Crippen molar-refractivity contribution in [2.75, 3.05) is 26.2 Å². The Labute approximate surface area is 124 Å². The molecular formula is C13H15F3N3O3-. The van der Waals surface area contributed by atoms with Crippen molar-refractivity contribution in [3.05, 3.63) is 23.9 Å². The zero-order valence-corrected chi connectivity index (χ0v) is 11.6. The minimum Gasteiger partial charge on any atom is -0.530 e. The van der Waals surface area contributed by atoms with Crippen molar-refractivity contribution in [1.29, 1.82) is 0 Å². The van der Waals surface area contributed by atoms with Crippen molar-refractivity contribution in [1.82, 2.24) is 15.2 Å². The van der Waals surface area contributed by atoms with Crippen molar-refractivity contribution < 1.29 is 27.8 Å². The molecular weight excluding hydrogens is 303 g/mol. The Kier molecular flexibility index (Phi) is 5.07. The molecule has 0 radical (unpaired) electrons. The maximum absolute atomic E-state index is 12.8. The number of halogens is 3. The van der Waals surface area contributed by atoms with Gasteiger partial charge >= 0.3 is 6.18 Å². The summed E-state index contributed by atoms with van der Waals surface area (Å²) >= 11 is 0. The van der Waals surface area contributed by atoms with Crippen LogP contribution in [-0.4, -0.2) is 48.3 Å². The lowest BCUT2D eigenvalue weighted by molar-refractivity contribution is -0.266. The summed E-state index contributed by atoms with van der Waals surface area (Å²) in [5.41, 5.74) is -0.928. The number of amides is 1. The van der Waals surface area contributed by atoms with Crippen LogP contribution in [0.5, 0.6) is 5.88 Å². The van der Waals surface area contributed by atoms with Gasteiger partial charge in [-0.1, -0.05) is 0 Å². The molecule has 1 amide bonds. The van der Waals surface area contributed by atoms with Crippen LogP contribution in [0.3, 0.4) is 0 Å². The van der Waals surface area contributed by atoms with E-state index < -0.39 is 23.7 Å². The molecule has 0 bridgehead atoms. The number of aromatic nitrogens is 1. The van der Waals surface area contributed by atoms with Gasteiger partial charge in [-0.3, -0.25) is 0 Å². The van der Waals surface area contributed by atoms with Crippen LogP contribution in [0, 0.1) is 0 Å². The average Bonchev–Trinajstić information content (AvgIpc) is 2.47. The van der Waals surface area contributed by atoms with Gasteiger partial charge in [-0.15, -0.1) is 0 Å². The lowest BCUT2D eigenvalue weighted by Gasteiger charge is -2.35. The van der Waals surface area contributed by atoms with Gasteiger partial charge in [0.15, 0.2) is 0 Å². The van der Waals surface area contributed by atoms with Gasteiger partial charge < -0.3 is 24.9 Å². The van der Waals surface area contributed by atoms with E-state index in [-0.39, 0.29) is 19.2 Å². The van der Waals surface area contributed by atoms with Gasteiger partial charge in [-0.25, -0.2) is 4.98 Å². The predicted molar refractivity (Wildman–Crippen MR) is 68.1 cm³/mol.